The fourth-order valence-corrected chi connectivity index (χ4v) is 4.05. The monoisotopic (exact) mass is 389 g/mol. The van der Waals surface area contributed by atoms with Crippen molar-refractivity contribution in [1.82, 2.24) is 4.90 Å². The minimum atomic E-state index is -1.16. The lowest BCUT2D eigenvalue weighted by molar-refractivity contribution is 0.0692. The highest BCUT2D eigenvalue weighted by Gasteiger charge is 2.27. The Morgan fingerprint density at radius 1 is 1.15 bits per heavy atom. The van der Waals surface area contributed by atoms with E-state index in [4.69, 9.17) is 27.6 Å². The third kappa shape index (κ3) is 2.73. The molecule has 0 saturated heterocycles. The van der Waals surface area contributed by atoms with Crippen molar-refractivity contribution >= 4 is 46.0 Å². The summed E-state index contributed by atoms with van der Waals surface area (Å²) in [6.45, 7) is 0.770. The summed E-state index contributed by atoms with van der Waals surface area (Å²) in [7, 11) is 0. The number of halogens is 2. The maximum Gasteiger partial charge on any atom is 0.338 e. The van der Waals surface area contributed by atoms with Gasteiger partial charge in [0.15, 0.2) is 0 Å². The highest BCUT2D eigenvalue weighted by atomic mass is 35.5. The highest BCUT2D eigenvalue weighted by molar-refractivity contribution is 6.39. The van der Waals surface area contributed by atoms with Crippen LogP contribution in [0.15, 0.2) is 41.0 Å². The van der Waals surface area contributed by atoms with E-state index < -0.39 is 5.97 Å². The van der Waals surface area contributed by atoms with Gasteiger partial charge in [-0.25, -0.2) is 4.79 Å². The van der Waals surface area contributed by atoms with E-state index in [0.29, 0.717) is 30.7 Å². The Bertz CT molecular complexity index is 1060. The second kappa shape index (κ2) is 6.34. The second-order valence-electron chi connectivity index (χ2n) is 6.14. The molecule has 0 bridgehead atoms. The van der Waals surface area contributed by atoms with Crippen molar-refractivity contribution in [1.29, 1.82) is 0 Å². The van der Waals surface area contributed by atoms with Gasteiger partial charge in [0.1, 0.15) is 5.58 Å². The van der Waals surface area contributed by atoms with Crippen LogP contribution in [0.2, 0.25) is 10.0 Å². The molecule has 2 aromatic carbocycles. The van der Waals surface area contributed by atoms with Crippen LogP contribution in [0.4, 0.5) is 0 Å². The topological polar surface area (TPSA) is 70.8 Å². The van der Waals surface area contributed by atoms with E-state index in [1.165, 1.54) is 0 Å². The number of carbonyl (C=O) groups is 2. The summed E-state index contributed by atoms with van der Waals surface area (Å²) >= 11 is 12.3. The van der Waals surface area contributed by atoms with E-state index in [2.05, 4.69) is 0 Å². The SMILES string of the molecule is O=C(O)c1c(Cl)cc2c(c1Cl)CCN(C(=O)c1ccc3ccoc3c1)C2. The average Bonchev–Trinajstić information content (AvgIpc) is 3.07. The summed E-state index contributed by atoms with van der Waals surface area (Å²) in [6.07, 6.45) is 2.06. The number of fused-ring (bicyclic) bond motifs is 2. The first-order chi connectivity index (χ1) is 12.5. The van der Waals surface area contributed by atoms with E-state index >= 15 is 0 Å². The molecule has 1 aromatic heterocycles. The molecule has 0 aliphatic carbocycles. The molecule has 0 saturated carbocycles. The van der Waals surface area contributed by atoms with Crippen LogP contribution < -0.4 is 0 Å². The molecule has 1 aliphatic rings. The van der Waals surface area contributed by atoms with Gasteiger partial charge in [0.2, 0.25) is 0 Å². The van der Waals surface area contributed by atoms with E-state index in [1.807, 2.05) is 12.1 Å². The van der Waals surface area contributed by atoms with Gasteiger partial charge in [-0.05, 0) is 41.8 Å². The van der Waals surface area contributed by atoms with Crippen LogP contribution in [0.3, 0.4) is 0 Å². The molecule has 0 fully saturated rings. The Balaban J connectivity index is 1.65. The predicted molar refractivity (Wildman–Crippen MR) is 98.1 cm³/mol. The molecule has 0 radical (unpaired) electrons. The van der Waals surface area contributed by atoms with Crippen molar-refractivity contribution in [3.8, 4) is 0 Å². The molecule has 1 N–H and O–H groups in total. The first kappa shape index (κ1) is 16.9. The van der Waals surface area contributed by atoms with Gasteiger partial charge in [0.05, 0.1) is 21.9 Å². The molecule has 1 amide bonds. The van der Waals surface area contributed by atoms with Crippen LogP contribution in [0, 0.1) is 0 Å². The number of nitrogens with zero attached hydrogens (tertiary/aromatic N) is 1. The van der Waals surface area contributed by atoms with Crippen LogP contribution in [0.1, 0.15) is 31.8 Å². The molecule has 7 heteroatoms. The lowest BCUT2D eigenvalue weighted by Crippen LogP contribution is -2.36. The summed E-state index contributed by atoms with van der Waals surface area (Å²) in [5.74, 6) is -1.28. The quantitative estimate of drug-likeness (QED) is 0.692. The fraction of sp³-hybridized carbons (Fsp3) is 0.158. The van der Waals surface area contributed by atoms with Crippen LogP contribution in [0.25, 0.3) is 11.0 Å². The van der Waals surface area contributed by atoms with E-state index in [1.54, 1.807) is 29.4 Å². The van der Waals surface area contributed by atoms with Gasteiger partial charge in [0.25, 0.3) is 5.91 Å². The Morgan fingerprint density at radius 3 is 2.73 bits per heavy atom. The smallest absolute Gasteiger partial charge is 0.338 e. The van der Waals surface area contributed by atoms with Crippen molar-refractivity contribution in [2.45, 2.75) is 13.0 Å². The number of carboxylic acid groups (broad SMARTS) is 1. The minimum absolute atomic E-state index is 0.0764. The number of hydrogen-bond donors (Lipinski definition) is 1. The summed E-state index contributed by atoms with van der Waals surface area (Å²) in [4.78, 5) is 25.9. The molecule has 4 rings (SSSR count). The highest BCUT2D eigenvalue weighted by Crippen LogP contribution is 2.35. The average molecular weight is 390 g/mol. The van der Waals surface area contributed by atoms with Crippen molar-refractivity contribution in [3.05, 3.63) is 68.9 Å². The number of furan rings is 1. The molecular formula is C19H13Cl2NO4. The van der Waals surface area contributed by atoms with Gasteiger partial charge >= 0.3 is 5.97 Å². The third-order valence-corrected chi connectivity index (χ3v) is 5.32. The van der Waals surface area contributed by atoms with Gasteiger partial charge in [-0.1, -0.05) is 29.3 Å². The zero-order valence-electron chi connectivity index (χ0n) is 13.5. The Kier molecular flexibility index (Phi) is 4.13. The number of aromatic carboxylic acids is 1. The van der Waals surface area contributed by atoms with Crippen molar-refractivity contribution in [2.75, 3.05) is 6.54 Å². The summed E-state index contributed by atoms with van der Waals surface area (Å²) in [5.41, 5.74) is 2.61. The molecule has 3 aromatic rings. The van der Waals surface area contributed by atoms with E-state index in [0.717, 1.165) is 16.5 Å². The van der Waals surface area contributed by atoms with E-state index in [-0.39, 0.29) is 21.5 Å². The molecule has 5 nitrogen and oxygen atoms in total. The van der Waals surface area contributed by atoms with Crippen LogP contribution in [-0.4, -0.2) is 28.4 Å². The largest absolute Gasteiger partial charge is 0.478 e. The van der Waals surface area contributed by atoms with Gasteiger partial charge in [0, 0.05) is 24.0 Å². The van der Waals surface area contributed by atoms with Gasteiger partial charge in [-0.15, -0.1) is 0 Å². The first-order valence-electron chi connectivity index (χ1n) is 7.95. The van der Waals surface area contributed by atoms with Crippen LogP contribution in [-0.2, 0) is 13.0 Å². The molecule has 0 atom stereocenters. The van der Waals surface area contributed by atoms with Crippen LogP contribution >= 0.6 is 23.2 Å². The normalized spacial score (nSPS) is 13.7. The first-order valence-corrected chi connectivity index (χ1v) is 8.71. The van der Waals surface area contributed by atoms with Gasteiger partial charge in [-0.2, -0.15) is 0 Å². The molecule has 132 valence electrons. The summed E-state index contributed by atoms with van der Waals surface area (Å²) in [6, 6.07) is 8.76. The predicted octanol–water partition coefficient (Wildman–Crippen LogP) is 4.64. The zero-order valence-corrected chi connectivity index (χ0v) is 15.0. The lowest BCUT2D eigenvalue weighted by atomic mass is 9.96. The number of hydrogen-bond acceptors (Lipinski definition) is 3. The maximum absolute atomic E-state index is 12.8. The molecular weight excluding hydrogens is 377 g/mol. The van der Waals surface area contributed by atoms with Crippen molar-refractivity contribution < 1.29 is 19.1 Å². The van der Waals surface area contributed by atoms with Crippen LogP contribution in [0.5, 0.6) is 0 Å². The van der Waals surface area contributed by atoms with Crippen molar-refractivity contribution in [2.24, 2.45) is 0 Å². The van der Waals surface area contributed by atoms with Gasteiger partial charge < -0.3 is 14.4 Å². The lowest BCUT2D eigenvalue weighted by Gasteiger charge is -2.30. The number of carboxylic acids is 1. The fourth-order valence-electron chi connectivity index (χ4n) is 3.29. The van der Waals surface area contributed by atoms with Crippen molar-refractivity contribution in [3.63, 3.8) is 0 Å². The Labute approximate surface area is 158 Å². The maximum atomic E-state index is 12.8. The third-order valence-electron chi connectivity index (χ3n) is 4.61. The van der Waals surface area contributed by atoms with E-state index in [9.17, 15) is 14.7 Å². The molecule has 0 unspecified atom stereocenters. The van der Waals surface area contributed by atoms with Gasteiger partial charge in [-0.3, -0.25) is 4.79 Å². The minimum Gasteiger partial charge on any atom is -0.478 e. The zero-order chi connectivity index (χ0) is 18.4. The Hall–Kier alpha value is -2.50. The second-order valence-corrected chi connectivity index (χ2v) is 6.93. The molecule has 26 heavy (non-hydrogen) atoms. The number of amides is 1. The number of carbonyl (C=O) groups excluding carboxylic acids is 1. The molecule has 1 aliphatic heterocycles. The summed E-state index contributed by atoms with van der Waals surface area (Å²) in [5, 5.41) is 10.4. The molecule has 2 heterocycles. The Morgan fingerprint density at radius 2 is 1.96 bits per heavy atom. The molecule has 0 spiro atoms. The standard InChI is InChI=1S/C19H13Cl2NO4/c20-14-7-12-9-22(5-3-13(12)17(21)16(14)19(24)25)18(23)11-2-1-10-4-6-26-15(10)8-11/h1-2,4,6-8H,3,5,9H2,(H,24,25). The number of rotatable bonds is 2. The summed E-state index contributed by atoms with van der Waals surface area (Å²) < 4.78 is 5.36. The number of benzene rings is 2.